The van der Waals surface area contributed by atoms with E-state index < -0.39 is 6.04 Å². The summed E-state index contributed by atoms with van der Waals surface area (Å²) in [6.45, 7) is 8.46. The van der Waals surface area contributed by atoms with Crippen LogP contribution in [0.25, 0.3) is 0 Å². The average Bonchev–Trinajstić information content (AvgIpc) is 3.05. The van der Waals surface area contributed by atoms with Crippen LogP contribution >= 0.6 is 0 Å². The maximum Gasteiger partial charge on any atom is 0.131 e. The highest BCUT2D eigenvalue weighted by molar-refractivity contribution is 5.44. The molecule has 2 aliphatic rings. The highest BCUT2D eigenvalue weighted by Crippen LogP contribution is 2.28. The summed E-state index contributed by atoms with van der Waals surface area (Å²) in [5.41, 5.74) is 7.56. The smallest absolute Gasteiger partial charge is 0.131 e. The van der Waals surface area contributed by atoms with Crippen molar-refractivity contribution in [2.75, 3.05) is 19.8 Å². The molecule has 0 aromatic rings. The second kappa shape index (κ2) is 10.1. The zero-order valence-corrected chi connectivity index (χ0v) is 16.0. The third kappa shape index (κ3) is 6.27. The van der Waals surface area contributed by atoms with Gasteiger partial charge in [0.05, 0.1) is 12.6 Å². The molecule has 3 nitrogen and oxygen atoms in total. The summed E-state index contributed by atoms with van der Waals surface area (Å²) in [5, 5.41) is 0. The summed E-state index contributed by atoms with van der Waals surface area (Å²) >= 11 is 0. The topological polar surface area (TPSA) is 44.5 Å². The van der Waals surface area contributed by atoms with E-state index in [2.05, 4.69) is 6.92 Å². The molecule has 3 unspecified atom stereocenters. The summed E-state index contributed by atoms with van der Waals surface area (Å²) in [6.07, 6.45) is 10.4. The minimum absolute atomic E-state index is 0.265. The Labute approximate surface area is 152 Å². The number of rotatable bonds is 9. The van der Waals surface area contributed by atoms with Crippen molar-refractivity contribution in [3.05, 3.63) is 34.9 Å². The van der Waals surface area contributed by atoms with Gasteiger partial charge in [0, 0.05) is 24.9 Å². The fourth-order valence-corrected chi connectivity index (χ4v) is 3.77. The van der Waals surface area contributed by atoms with Gasteiger partial charge in [-0.25, -0.2) is 4.39 Å². The Balaban J connectivity index is 1.81. The first-order valence-corrected chi connectivity index (χ1v) is 9.74. The van der Waals surface area contributed by atoms with E-state index in [9.17, 15) is 4.39 Å². The van der Waals surface area contributed by atoms with Crippen LogP contribution < -0.4 is 5.73 Å². The molecule has 0 bridgehead atoms. The number of ether oxygens (including phenoxy) is 2. The molecule has 1 fully saturated rings. The van der Waals surface area contributed by atoms with E-state index in [0.29, 0.717) is 23.9 Å². The highest BCUT2D eigenvalue weighted by atomic mass is 19.1. The van der Waals surface area contributed by atoms with E-state index in [4.69, 9.17) is 15.2 Å². The normalized spacial score (nSPS) is 24.8. The van der Waals surface area contributed by atoms with Crippen LogP contribution in [0, 0.1) is 11.8 Å². The lowest BCUT2D eigenvalue weighted by atomic mass is 9.93. The Morgan fingerprint density at radius 3 is 2.80 bits per heavy atom. The molecule has 4 heteroatoms. The fraction of sp³-hybridized carbons (Fsp3) is 0.714. The van der Waals surface area contributed by atoms with Crippen LogP contribution in [0.1, 0.15) is 59.3 Å². The lowest BCUT2D eigenvalue weighted by molar-refractivity contribution is 0.156. The molecule has 1 aliphatic heterocycles. The molecule has 142 valence electrons. The van der Waals surface area contributed by atoms with Gasteiger partial charge in [0.25, 0.3) is 0 Å². The summed E-state index contributed by atoms with van der Waals surface area (Å²) in [7, 11) is 0. The van der Waals surface area contributed by atoms with Crippen LogP contribution in [0.3, 0.4) is 0 Å². The van der Waals surface area contributed by atoms with E-state index in [1.807, 2.05) is 19.9 Å². The Morgan fingerprint density at radius 1 is 1.40 bits per heavy atom. The largest absolute Gasteiger partial charge is 0.493 e. The molecule has 2 N–H and O–H groups in total. The van der Waals surface area contributed by atoms with Gasteiger partial charge in [-0.1, -0.05) is 25.3 Å². The Hall–Kier alpha value is -1.13. The molecule has 2 rings (SSSR count). The minimum Gasteiger partial charge on any atom is -0.493 e. The predicted molar refractivity (Wildman–Crippen MR) is 101 cm³/mol. The summed E-state index contributed by atoms with van der Waals surface area (Å²) in [4.78, 5) is 0. The number of hydrogen-bond acceptors (Lipinski definition) is 3. The van der Waals surface area contributed by atoms with Crippen LogP contribution in [0.4, 0.5) is 4.39 Å². The molecule has 0 amide bonds. The molecule has 1 heterocycles. The molecule has 3 atom stereocenters. The van der Waals surface area contributed by atoms with Gasteiger partial charge in [-0.3, -0.25) is 0 Å². The van der Waals surface area contributed by atoms with E-state index in [1.165, 1.54) is 25.3 Å². The lowest BCUT2D eigenvalue weighted by Gasteiger charge is -2.22. The first-order valence-electron chi connectivity index (χ1n) is 9.74. The van der Waals surface area contributed by atoms with Crippen molar-refractivity contribution in [2.45, 2.75) is 65.3 Å². The van der Waals surface area contributed by atoms with Crippen molar-refractivity contribution in [3.63, 3.8) is 0 Å². The zero-order valence-electron chi connectivity index (χ0n) is 16.0. The van der Waals surface area contributed by atoms with Gasteiger partial charge in [0.2, 0.25) is 0 Å². The number of hydrogen-bond donors (Lipinski definition) is 1. The van der Waals surface area contributed by atoms with Crippen molar-refractivity contribution in [1.82, 2.24) is 0 Å². The standard InChI is InChI=1S/C21H34FNO2/c1-4-6-16(7-5-8-17-9-10-24-13-17)14-25-18-11-19(22)21(15(2)3)20(23)12-18/h11-12,16-17,20H,4-10,13-14,23H2,1-3H3. The molecule has 0 radical (unpaired) electrons. The molecule has 1 aliphatic carbocycles. The van der Waals surface area contributed by atoms with Crippen LogP contribution in [-0.2, 0) is 9.47 Å². The lowest BCUT2D eigenvalue weighted by Crippen LogP contribution is -2.25. The number of allylic oxidation sites excluding steroid dienone is 2. The van der Waals surface area contributed by atoms with Crippen LogP contribution in [-0.4, -0.2) is 25.9 Å². The van der Waals surface area contributed by atoms with Crippen LogP contribution in [0.2, 0.25) is 0 Å². The third-order valence-corrected chi connectivity index (χ3v) is 5.17. The summed E-state index contributed by atoms with van der Waals surface area (Å²) in [5.74, 6) is 1.56. The monoisotopic (exact) mass is 351 g/mol. The zero-order chi connectivity index (χ0) is 18.2. The predicted octanol–water partition coefficient (Wildman–Crippen LogP) is 5.04. The van der Waals surface area contributed by atoms with E-state index in [-0.39, 0.29) is 5.83 Å². The molecular formula is C21H34FNO2. The Morgan fingerprint density at radius 2 is 2.20 bits per heavy atom. The van der Waals surface area contributed by atoms with Crippen LogP contribution in [0.5, 0.6) is 0 Å². The number of halogens is 1. The van der Waals surface area contributed by atoms with Crippen molar-refractivity contribution < 1.29 is 13.9 Å². The van der Waals surface area contributed by atoms with Crippen molar-refractivity contribution in [2.24, 2.45) is 17.6 Å². The second-order valence-corrected chi connectivity index (χ2v) is 7.63. The Kier molecular flexibility index (Phi) is 8.17. The van der Waals surface area contributed by atoms with Gasteiger partial charge in [0.15, 0.2) is 0 Å². The first-order chi connectivity index (χ1) is 12.0. The number of nitrogens with two attached hydrogens (primary N) is 1. The SMILES string of the molecule is CCCC(CCCC1CCOC1)COC1=CC(N)C(=C(C)C)C(F)=C1. The van der Waals surface area contributed by atoms with Gasteiger partial charge in [-0.05, 0) is 57.4 Å². The fourth-order valence-electron chi connectivity index (χ4n) is 3.77. The second-order valence-electron chi connectivity index (χ2n) is 7.63. The molecule has 1 saturated heterocycles. The molecule has 0 aromatic carbocycles. The van der Waals surface area contributed by atoms with Crippen molar-refractivity contribution in [3.8, 4) is 0 Å². The van der Waals surface area contributed by atoms with E-state index in [1.54, 1.807) is 0 Å². The molecule has 25 heavy (non-hydrogen) atoms. The maximum absolute atomic E-state index is 14.2. The quantitative estimate of drug-likeness (QED) is 0.633. The average molecular weight is 352 g/mol. The summed E-state index contributed by atoms with van der Waals surface area (Å²) in [6, 6.07) is -0.419. The van der Waals surface area contributed by atoms with Gasteiger partial charge < -0.3 is 15.2 Å². The Bertz CT molecular complexity index is 514. The highest BCUT2D eigenvalue weighted by Gasteiger charge is 2.21. The molecule has 0 spiro atoms. The van der Waals surface area contributed by atoms with E-state index >= 15 is 0 Å². The third-order valence-electron chi connectivity index (χ3n) is 5.17. The molecular weight excluding hydrogens is 317 g/mol. The molecule has 0 saturated carbocycles. The first kappa shape index (κ1) is 20.2. The van der Waals surface area contributed by atoms with Crippen LogP contribution in [0.15, 0.2) is 34.9 Å². The van der Waals surface area contributed by atoms with Gasteiger partial charge in [-0.2, -0.15) is 0 Å². The van der Waals surface area contributed by atoms with Crippen molar-refractivity contribution in [1.29, 1.82) is 0 Å². The minimum atomic E-state index is -0.419. The van der Waals surface area contributed by atoms with Gasteiger partial charge in [0.1, 0.15) is 11.6 Å². The van der Waals surface area contributed by atoms with Gasteiger partial charge in [-0.15, -0.1) is 0 Å². The maximum atomic E-state index is 14.2. The summed E-state index contributed by atoms with van der Waals surface area (Å²) < 4.78 is 25.6. The van der Waals surface area contributed by atoms with Crippen molar-refractivity contribution >= 4 is 0 Å². The van der Waals surface area contributed by atoms with E-state index in [0.717, 1.165) is 44.0 Å². The van der Waals surface area contributed by atoms with Gasteiger partial charge >= 0.3 is 0 Å². The molecule has 0 aromatic heterocycles.